The van der Waals surface area contributed by atoms with Crippen LogP contribution in [0.4, 0.5) is 0 Å². The zero-order chi connectivity index (χ0) is 15.1. The third kappa shape index (κ3) is 6.93. The molecule has 1 nitrogen and oxygen atoms in total. The average Bonchev–Trinajstić information content (AvgIpc) is 3.14. The van der Waals surface area contributed by atoms with Crippen LogP contribution in [0, 0.1) is 81.6 Å². The summed E-state index contributed by atoms with van der Waals surface area (Å²) < 4.78 is 6.14. The van der Waals surface area contributed by atoms with Gasteiger partial charge in [-0.05, 0) is 75.5 Å². The first-order valence-corrected chi connectivity index (χ1v) is 8.22. The fraction of sp³-hybridized carbons (Fsp3) is 0.500. The maximum Gasteiger partial charge on any atom is 2.00 e. The minimum absolute atomic E-state index is 0. The van der Waals surface area contributed by atoms with Gasteiger partial charge in [-0.2, -0.15) is 0 Å². The Hall–Kier alpha value is 0.479. The second kappa shape index (κ2) is 11.1. The molecule has 0 bridgehead atoms. The summed E-state index contributed by atoms with van der Waals surface area (Å²) in [5, 5.41) is 0. The minimum atomic E-state index is 0. The van der Waals surface area contributed by atoms with Crippen molar-refractivity contribution in [3.8, 4) is 0 Å². The summed E-state index contributed by atoms with van der Waals surface area (Å²) >= 11 is 0. The molecule has 3 fully saturated rings. The van der Waals surface area contributed by atoms with Gasteiger partial charge in [-0.15, -0.1) is 0 Å². The molecular weight excluding hydrogens is 312 g/mol. The molecule has 120 valence electrons. The molecule has 3 saturated carbocycles. The molecule has 3 atom stereocenters. The van der Waals surface area contributed by atoms with E-state index in [1.54, 1.807) is 0 Å². The molecule has 3 aliphatic rings. The molecule has 0 aromatic heterocycles. The van der Waals surface area contributed by atoms with Gasteiger partial charge < -0.3 is 4.74 Å². The van der Waals surface area contributed by atoms with Gasteiger partial charge in [0.1, 0.15) is 6.10 Å². The van der Waals surface area contributed by atoms with Gasteiger partial charge in [-0.1, -0.05) is 27.2 Å². The summed E-state index contributed by atoms with van der Waals surface area (Å²) in [5.74, 6) is 2.27. The number of hydrogen-bond acceptors (Lipinski definition) is 1. The molecule has 3 rings (SSSR count). The molecular formula is C20H28FeO+2. The Bertz CT molecular complexity index is 261. The largest absolute Gasteiger partial charge is 2.00 e. The predicted octanol–water partition coefficient (Wildman–Crippen LogP) is 4.85. The summed E-state index contributed by atoms with van der Waals surface area (Å²) in [6.45, 7) is 6.99. The molecule has 3 aliphatic carbocycles. The van der Waals surface area contributed by atoms with E-state index in [1.807, 2.05) is 44.9 Å². The third-order valence-corrected chi connectivity index (χ3v) is 4.44. The first kappa shape index (κ1) is 20.5. The summed E-state index contributed by atoms with van der Waals surface area (Å²) in [7, 11) is 0. The van der Waals surface area contributed by atoms with Crippen molar-refractivity contribution >= 4 is 0 Å². The van der Waals surface area contributed by atoms with Crippen molar-refractivity contribution in [3.05, 3.63) is 63.9 Å². The van der Waals surface area contributed by atoms with Crippen LogP contribution in [0.1, 0.15) is 40.0 Å². The van der Waals surface area contributed by atoms with Crippen molar-refractivity contribution in [2.75, 3.05) is 0 Å². The third-order valence-electron chi connectivity index (χ3n) is 4.44. The van der Waals surface area contributed by atoms with E-state index in [-0.39, 0.29) is 17.1 Å². The van der Waals surface area contributed by atoms with Crippen LogP contribution in [0.25, 0.3) is 0 Å². The van der Waals surface area contributed by atoms with Gasteiger partial charge in [0, 0.05) is 12.8 Å². The van der Waals surface area contributed by atoms with E-state index >= 15 is 0 Å². The molecule has 0 N–H and O–H groups in total. The molecule has 0 heterocycles. The van der Waals surface area contributed by atoms with E-state index in [0.717, 1.165) is 23.9 Å². The number of ether oxygens (including phenoxy) is 1. The summed E-state index contributed by atoms with van der Waals surface area (Å²) in [5.41, 5.74) is 0. The molecule has 22 heavy (non-hydrogen) atoms. The van der Waals surface area contributed by atoms with Gasteiger partial charge in [0.2, 0.25) is 0 Å². The van der Waals surface area contributed by atoms with Gasteiger partial charge in [0.15, 0.2) is 0 Å². The molecule has 0 saturated heterocycles. The molecule has 0 spiro atoms. The van der Waals surface area contributed by atoms with Crippen LogP contribution in [-0.4, -0.2) is 6.10 Å². The zero-order valence-corrected chi connectivity index (χ0v) is 15.0. The quantitative estimate of drug-likeness (QED) is 0.668. The zero-order valence-electron chi connectivity index (χ0n) is 13.9. The van der Waals surface area contributed by atoms with Crippen molar-refractivity contribution in [1.82, 2.24) is 0 Å². The monoisotopic (exact) mass is 340 g/mol. The second-order valence-corrected chi connectivity index (χ2v) is 6.57. The fourth-order valence-electron chi connectivity index (χ4n) is 3.18. The van der Waals surface area contributed by atoms with Crippen LogP contribution >= 0.6 is 0 Å². The van der Waals surface area contributed by atoms with Crippen molar-refractivity contribution in [2.24, 2.45) is 17.8 Å². The first-order chi connectivity index (χ1) is 10.2. The molecule has 0 unspecified atom stereocenters. The van der Waals surface area contributed by atoms with Gasteiger partial charge in [-0.3, -0.25) is 0 Å². The smallest absolute Gasteiger partial charge is 0.368 e. The summed E-state index contributed by atoms with van der Waals surface area (Å²) in [6.07, 6.45) is 23.6. The topological polar surface area (TPSA) is 9.23 Å². The Morgan fingerprint density at radius 1 is 0.909 bits per heavy atom. The Morgan fingerprint density at radius 2 is 1.45 bits per heavy atom. The number of rotatable bonds is 3. The van der Waals surface area contributed by atoms with Gasteiger partial charge in [0.05, 0.1) is 6.10 Å². The Balaban J connectivity index is 0.000000344. The van der Waals surface area contributed by atoms with Crippen molar-refractivity contribution in [3.63, 3.8) is 0 Å². The molecule has 0 aromatic rings. The Kier molecular flexibility index (Phi) is 10.4. The van der Waals surface area contributed by atoms with E-state index in [2.05, 4.69) is 33.6 Å². The second-order valence-electron chi connectivity index (χ2n) is 6.57. The van der Waals surface area contributed by atoms with Gasteiger partial charge in [-0.25, -0.2) is 0 Å². The standard InChI is InChI=1S/C15H23O.C5H5.Fe/c1-11(2)14-9-8-12(3)10-15(14)16-13-6-4-5-7-13;1-2-4-5-3-1;/h4-7,11-12,14-15H,8-10H2,1-3H3;1-5H;/q;;+2/t12-,14+,15-;;/m1../s1. The van der Waals surface area contributed by atoms with Crippen molar-refractivity contribution < 1.29 is 21.8 Å². The molecule has 0 aromatic carbocycles. The van der Waals surface area contributed by atoms with E-state index in [1.165, 1.54) is 19.3 Å². The van der Waals surface area contributed by atoms with Crippen LogP contribution in [-0.2, 0) is 21.8 Å². The molecule has 2 heteroatoms. The van der Waals surface area contributed by atoms with Crippen LogP contribution in [0.5, 0.6) is 0 Å². The normalized spacial score (nSPS) is 32.5. The minimum Gasteiger partial charge on any atom is -0.368 e. The van der Waals surface area contributed by atoms with Gasteiger partial charge in [0.25, 0.3) is 0 Å². The first-order valence-electron chi connectivity index (χ1n) is 8.22. The van der Waals surface area contributed by atoms with E-state index in [4.69, 9.17) is 4.74 Å². The Morgan fingerprint density at radius 3 is 1.95 bits per heavy atom. The van der Waals surface area contributed by atoms with E-state index in [9.17, 15) is 0 Å². The molecule has 0 aliphatic heterocycles. The summed E-state index contributed by atoms with van der Waals surface area (Å²) in [4.78, 5) is 0. The van der Waals surface area contributed by atoms with E-state index < -0.39 is 0 Å². The number of hydrogen-bond donors (Lipinski definition) is 0. The van der Waals surface area contributed by atoms with E-state index in [0.29, 0.717) is 6.10 Å². The van der Waals surface area contributed by atoms with Crippen LogP contribution < -0.4 is 0 Å². The predicted molar refractivity (Wildman–Crippen MR) is 88.2 cm³/mol. The van der Waals surface area contributed by atoms with Crippen LogP contribution in [0.3, 0.4) is 0 Å². The fourth-order valence-corrected chi connectivity index (χ4v) is 3.18. The Labute approximate surface area is 149 Å². The van der Waals surface area contributed by atoms with Crippen LogP contribution in [0.2, 0.25) is 0 Å². The SMILES string of the molecule is CC(C)[C@@H]1CC[C@@H](C)C[C@H]1O[C]1[CH][CH][CH][CH]1.[CH]1[CH][CH][CH][CH]1.[Fe+2]. The molecule has 10 radical (unpaired) electrons. The summed E-state index contributed by atoms with van der Waals surface area (Å²) in [6, 6.07) is 0. The maximum absolute atomic E-state index is 6.14. The van der Waals surface area contributed by atoms with Gasteiger partial charge >= 0.3 is 17.1 Å². The maximum atomic E-state index is 6.14. The van der Waals surface area contributed by atoms with Crippen molar-refractivity contribution in [1.29, 1.82) is 0 Å². The van der Waals surface area contributed by atoms with Crippen LogP contribution in [0.15, 0.2) is 0 Å². The average molecular weight is 340 g/mol. The van der Waals surface area contributed by atoms with Crippen molar-refractivity contribution in [2.45, 2.75) is 46.1 Å². The molecule has 0 amide bonds.